The molecule has 0 atom stereocenters. The second-order valence-electron chi connectivity index (χ2n) is 39.7. The second-order valence-corrected chi connectivity index (χ2v) is 45.4. The summed E-state index contributed by atoms with van der Waals surface area (Å²) < 4.78 is 142. The highest BCUT2D eigenvalue weighted by atomic mass is 32.2. The van der Waals surface area contributed by atoms with Crippen molar-refractivity contribution in [2.45, 2.75) is 210 Å². The van der Waals surface area contributed by atoms with E-state index in [9.17, 15) is 30.3 Å². The number of methoxy groups -OCH3 is 3. The van der Waals surface area contributed by atoms with Gasteiger partial charge in [-0.2, -0.15) is 12.9 Å². The molecule has 0 saturated heterocycles. The topological polar surface area (TPSA) is 300 Å². The molecule has 0 fully saturated rings. The lowest BCUT2D eigenvalue weighted by molar-refractivity contribution is -0.388. The van der Waals surface area contributed by atoms with Crippen LogP contribution in [0.25, 0.3) is 0 Å². The number of fused-ring (bicyclic) bond motifs is 21. The predicted octanol–water partition coefficient (Wildman–Crippen LogP) is 18.6. The van der Waals surface area contributed by atoms with Crippen molar-refractivity contribution in [1.82, 2.24) is 17.8 Å². The average Bonchev–Trinajstić information content (AvgIpc) is 0.415. The minimum absolute atomic E-state index is 0.177. The van der Waals surface area contributed by atoms with Crippen molar-refractivity contribution in [3.63, 3.8) is 0 Å². The molecule has 0 radical (unpaired) electrons. The molecule has 3 heterocycles. The van der Waals surface area contributed by atoms with Crippen LogP contribution in [0.4, 0.5) is 17.1 Å². The number of benzene rings is 9. The number of nitro benzene ring substituents is 3. The molecule has 12 rings (SSSR count). The molecule has 0 unspecified atom stereocenters. The number of sulfonamides is 3. The molecule has 3 aliphatic heterocycles. The first kappa shape index (κ1) is 95.8. The highest BCUT2D eigenvalue weighted by molar-refractivity contribution is 7.89. The van der Waals surface area contributed by atoms with Crippen molar-refractivity contribution in [2.24, 2.45) is 0 Å². The smallest absolute Gasteiger partial charge is 0.289 e. The van der Waals surface area contributed by atoms with Crippen molar-refractivity contribution >= 4 is 47.1 Å². The van der Waals surface area contributed by atoms with Crippen LogP contribution in [-0.4, -0.2) is 158 Å². The maximum Gasteiger partial charge on any atom is 0.289 e. The van der Waals surface area contributed by atoms with Crippen molar-refractivity contribution in [3.8, 4) is 34.5 Å². The van der Waals surface area contributed by atoms with Gasteiger partial charge in [0.1, 0.15) is 54.3 Å². The molecule has 0 spiro atoms. The van der Waals surface area contributed by atoms with Gasteiger partial charge in [0, 0.05) is 116 Å². The van der Waals surface area contributed by atoms with Gasteiger partial charge in [-0.25, -0.2) is 25.3 Å². The summed E-state index contributed by atoms with van der Waals surface area (Å²) in [6, 6.07) is 40.7. The Morgan fingerprint density at radius 3 is 0.638 bits per heavy atom. The monoisotopic (exact) mass is 1790 g/mol. The lowest BCUT2D eigenvalue weighted by Gasteiger charge is -2.32. The maximum atomic E-state index is 16.1. The minimum atomic E-state index is -5.00. The Kier molecular flexibility index (Phi) is 27.9. The molecule has 0 saturated carbocycles. The van der Waals surface area contributed by atoms with E-state index in [-0.39, 0.29) is 78.0 Å². The first-order valence-corrected chi connectivity index (χ1v) is 47.6. The lowest BCUT2D eigenvalue weighted by atomic mass is 9.79. The van der Waals surface area contributed by atoms with Crippen molar-refractivity contribution in [2.75, 3.05) is 100 Å². The van der Waals surface area contributed by atoms with Gasteiger partial charge in [-0.15, -0.1) is 0 Å². The third kappa shape index (κ3) is 21.2. The fraction of sp³-hybridized carbons (Fsp3) is 0.455. The zero-order valence-corrected chi connectivity index (χ0v) is 79.7. The van der Waals surface area contributed by atoms with E-state index in [2.05, 4.69) is 197 Å². The van der Waals surface area contributed by atoms with E-state index in [1.807, 2.05) is 0 Å². The number of hydrogen-bond acceptors (Lipinski definition) is 19. The Morgan fingerprint density at radius 2 is 0.465 bits per heavy atom. The number of para-hydroxylation sites is 3. The van der Waals surface area contributed by atoms with Gasteiger partial charge in [0.25, 0.3) is 17.1 Å². The summed E-state index contributed by atoms with van der Waals surface area (Å²) in [6.45, 7) is 33.4. The molecule has 9 aromatic carbocycles. The first-order valence-electron chi connectivity index (χ1n) is 43.2. The Morgan fingerprint density at radius 1 is 0.283 bits per heavy atom. The molecule has 28 heteroatoms. The van der Waals surface area contributed by atoms with Crippen LogP contribution in [0.3, 0.4) is 0 Å². The van der Waals surface area contributed by atoms with E-state index in [0.29, 0.717) is 34.5 Å². The number of ether oxygens (including phenoxy) is 6. The van der Waals surface area contributed by atoms with E-state index in [1.54, 1.807) is 26.2 Å². The molecule has 25 nitrogen and oxygen atoms in total. The summed E-state index contributed by atoms with van der Waals surface area (Å²) in [4.78, 5) is 36.8. The van der Waals surface area contributed by atoms with Crippen LogP contribution >= 0.6 is 0 Å². The van der Waals surface area contributed by atoms with Gasteiger partial charge >= 0.3 is 0 Å². The molecule has 10 bridgehead atoms. The van der Waals surface area contributed by atoms with Gasteiger partial charge in [-0.05, 0) is 151 Å². The largest absolute Gasteiger partial charge is 0.496 e. The van der Waals surface area contributed by atoms with Crippen LogP contribution in [0.5, 0.6) is 34.5 Å². The van der Waals surface area contributed by atoms with Gasteiger partial charge in [-0.3, -0.25) is 35.2 Å². The van der Waals surface area contributed by atoms with Crippen molar-refractivity contribution < 1.29 is 68.4 Å². The molecule has 680 valence electrons. The van der Waals surface area contributed by atoms with Gasteiger partial charge in [0.2, 0.25) is 30.1 Å². The van der Waals surface area contributed by atoms with Crippen LogP contribution in [0.1, 0.15) is 225 Å². The first-order chi connectivity index (χ1) is 59.3. The molecule has 9 aromatic rings. The molecule has 0 aliphatic carbocycles. The zero-order chi connectivity index (χ0) is 92.8. The lowest BCUT2D eigenvalue weighted by Crippen LogP contribution is -2.47. The van der Waals surface area contributed by atoms with Gasteiger partial charge in [-0.1, -0.05) is 234 Å². The SMILES string of the molecule is COc1c2cc(C(C)(C)C)cc1Cc1cc(C(C)(C)C)cc3c1OCCN(S(=O)(=O)c1ccccc1[N+](=O)[O-])CCN1CCN(S(=O)(=O)c4ccccc4[N+](=O)[O-])CCOc4c(cc(C(C)(C)C)cc4Cc4cc(C(C)(C)C)cc(c4OC)Cc4cc(C(C)(C)C)cc(c4OCCN(S(=O)(=O)c4ccccc4[N+](=O)[O-])CC1)Cc1cc(C(C)(C)C)cc(c1OC)C3)C2. The summed E-state index contributed by atoms with van der Waals surface area (Å²) in [5.41, 5.74) is 9.46. The van der Waals surface area contributed by atoms with Crippen LogP contribution < -0.4 is 28.4 Å². The van der Waals surface area contributed by atoms with E-state index in [0.717, 1.165) is 149 Å². The van der Waals surface area contributed by atoms with E-state index < -0.39 is 148 Å². The van der Waals surface area contributed by atoms with E-state index in [1.165, 1.54) is 36.4 Å². The third-order valence-electron chi connectivity index (χ3n) is 24.3. The summed E-state index contributed by atoms with van der Waals surface area (Å²) >= 11 is 0. The fourth-order valence-corrected chi connectivity index (χ4v) is 21.8. The maximum absolute atomic E-state index is 16.1. The number of rotatable bonds is 12. The van der Waals surface area contributed by atoms with Gasteiger partial charge < -0.3 is 28.4 Å². The van der Waals surface area contributed by atoms with E-state index >= 15 is 25.3 Å². The van der Waals surface area contributed by atoms with Gasteiger partial charge in [0.15, 0.2) is 14.7 Å². The Balaban J connectivity index is 1.27. The highest BCUT2D eigenvalue weighted by Gasteiger charge is 2.39. The number of hydrogen-bond donors (Lipinski definition) is 0. The zero-order valence-electron chi connectivity index (χ0n) is 77.3. The molecule has 0 amide bonds. The predicted molar refractivity (Wildman–Crippen MR) is 496 cm³/mol. The highest BCUT2D eigenvalue weighted by Crippen LogP contribution is 2.48. The Hall–Kier alpha value is -10.3. The molecule has 0 aromatic heterocycles. The Labute approximate surface area is 749 Å². The summed E-state index contributed by atoms with van der Waals surface area (Å²) in [5, 5.41) is 39.5. The van der Waals surface area contributed by atoms with Crippen LogP contribution in [0, 0.1) is 30.3 Å². The second kappa shape index (κ2) is 37.0. The molecule has 0 N–H and O–H groups in total. The fourth-order valence-electron chi connectivity index (χ4n) is 17.1. The van der Waals surface area contributed by atoms with Crippen LogP contribution in [-0.2, 0) is 101 Å². The summed E-state index contributed by atoms with van der Waals surface area (Å²) in [7, 11) is -10.0. The van der Waals surface area contributed by atoms with Crippen LogP contribution in [0.2, 0.25) is 0 Å². The summed E-state index contributed by atoms with van der Waals surface area (Å²) in [6.07, 6.45) is 1.06. The quantitative estimate of drug-likeness (QED) is 0.0810. The van der Waals surface area contributed by atoms with Gasteiger partial charge in [0.05, 0.1) is 36.1 Å². The molecule has 127 heavy (non-hydrogen) atoms. The van der Waals surface area contributed by atoms with E-state index in [4.69, 9.17) is 28.4 Å². The minimum Gasteiger partial charge on any atom is -0.496 e. The molecule has 3 aliphatic rings. The number of nitro groups is 3. The molecular formula is C99H123N7O18S3. The summed E-state index contributed by atoms with van der Waals surface area (Å²) in [5.74, 6) is 2.89. The normalized spacial score (nSPS) is 15.9. The van der Waals surface area contributed by atoms with Crippen LogP contribution in [0.15, 0.2) is 160 Å². The third-order valence-corrected chi connectivity index (χ3v) is 30.2. The van der Waals surface area contributed by atoms with Crippen molar-refractivity contribution in [3.05, 3.63) is 276 Å². The van der Waals surface area contributed by atoms with Crippen molar-refractivity contribution in [1.29, 1.82) is 0 Å². The molecular weight excluding hydrogens is 1670 g/mol. The Bertz CT molecular complexity index is 5340. The average molecular weight is 1800 g/mol. The number of nitrogens with zero attached hydrogens (tertiary/aromatic N) is 7. The standard InChI is InChI=1S/C99H123N7O18S3/c1-94(2,3)76-52-64-46-70-58-79(97(10,11)12)60-72-48-66-54-77(95(4,5)6)56-68(89(66)120-20)50-74-62-81(99(16,17)18)63-75-51-69-57-78(96(7,8)9)55-67(90(69)121-21)49-73-61-80(98(13,14)15)59-71(47-65(53-76)88(64)119-19)92(73)123-44-41-102(126(115,116)86-32-26-23-29-83(86)105(109)110)38-35-100(34-37-101(40-43-122-91(70)72)125(113,114)85-31-25-22-28-82(85)104(107)108)36-39-103(42-45-124-93(74)75)127(117,118)87-33-27-24-30-84(87)106(111)112/h22-33,52-63H,34-51H2,1-21H3.